The van der Waals surface area contributed by atoms with E-state index in [-0.39, 0.29) is 0 Å². The van der Waals surface area contributed by atoms with E-state index in [1.165, 1.54) is 11.1 Å². The van der Waals surface area contributed by atoms with Gasteiger partial charge in [0.1, 0.15) is 0 Å². The molecule has 0 spiro atoms. The summed E-state index contributed by atoms with van der Waals surface area (Å²) >= 11 is 0. The lowest BCUT2D eigenvalue weighted by Gasteiger charge is -2.06. The van der Waals surface area contributed by atoms with Gasteiger partial charge in [-0.25, -0.2) is 0 Å². The Balaban J connectivity index is 4.68. The van der Waals surface area contributed by atoms with E-state index < -0.39 is 0 Å². The predicted octanol–water partition coefficient (Wildman–Crippen LogP) is 4.03. The highest BCUT2D eigenvalue weighted by Crippen LogP contribution is 2.17. The normalized spacial score (nSPS) is 11.8. The number of hydrogen-bond donors (Lipinski definition) is 0. The van der Waals surface area contributed by atoms with Crippen molar-refractivity contribution >= 4 is 0 Å². The lowest BCUT2D eigenvalue weighted by molar-refractivity contribution is 1.06. The number of allylic oxidation sites excluding steroid dienone is 5. The molecule has 0 bridgehead atoms. The molecule has 0 heterocycles. The molecule has 0 atom stereocenters. The van der Waals surface area contributed by atoms with Crippen LogP contribution in [0.2, 0.25) is 0 Å². The maximum atomic E-state index is 3.88. The van der Waals surface area contributed by atoms with E-state index in [2.05, 4.69) is 26.7 Å². The quantitative estimate of drug-likeness (QED) is 0.423. The minimum absolute atomic E-state index is 0.915. The van der Waals surface area contributed by atoms with Crippen molar-refractivity contribution in [1.29, 1.82) is 0 Å². The molecule has 0 nitrogen and oxygen atoms in total. The molecule has 0 N–H and O–H groups in total. The van der Waals surface area contributed by atoms with Gasteiger partial charge in [-0.15, -0.1) is 0 Å². The van der Waals surface area contributed by atoms with Crippen LogP contribution in [0.3, 0.4) is 0 Å². The Morgan fingerprint density at radius 1 is 1.17 bits per heavy atom. The molecule has 0 aliphatic heterocycles. The van der Waals surface area contributed by atoms with Crippen LogP contribution in [0.5, 0.6) is 0 Å². The van der Waals surface area contributed by atoms with Gasteiger partial charge in [0, 0.05) is 0 Å². The third-order valence-corrected chi connectivity index (χ3v) is 1.78. The van der Waals surface area contributed by atoms with Gasteiger partial charge in [0.2, 0.25) is 0 Å². The summed E-state index contributed by atoms with van der Waals surface area (Å²) in [6.07, 6.45) is 5.73. The maximum absolute atomic E-state index is 3.88. The summed E-state index contributed by atoms with van der Waals surface area (Å²) in [5, 5.41) is 0. The van der Waals surface area contributed by atoms with Gasteiger partial charge in [-0.3, -0.25) is 0 Å². The topological polar surface area (TPSA) is 0 Å². The molecule has 12 heavy (non-hydrogen) atoms. The Morgan fingerprint density at radius 3 is 1.92 bits per heavy atom. The monoisotopic (exact) mass is 162 g/mol. The average molecular weight is 162 g/mol. The largest absolute Gasteiger partial charge is 0.0998 e. The number of rotatable bonds is 5. The van der Waals surface area contributed by atoms with E-state index in [1.807, 2.05) is 19.1 Å². The Bertz CT molecular complexity index is 216. The van der Waals surface area contributed by atoms with E-state index in [1.54, 1.807) is 0 Å². The van der Waals surface area contributed by atoms with Crippen LogP contribution in [0.1, 0.15) is 26.7 Å². The minimum atomic E-state index is 0.915. The van der Waals surface area contributed by atoms with Crippen LogP contribution in [-0.2, 0) is 0 Å². The molecule has 0 aromatic heterocycles. The Morgan fingerprint density at radius 2 is 1.67 bits per heavy atom. The van der Waals surface area contributed by atoms with E-state index in [9.17, 15) is 0 Å². The van der Waals surface area contributed by atoms with Crippen molar-refractivity contribution in [3.63, 3.8) is 0 Å². The second kappa shape index (κ2) is 5.59. The number of hydrogen-bond acceptors (Lipinski definition) is 0. The average Bonchev–Trinajstić information content (AvgIpc) is 2.04. The molecular weight excluding hydrogens is 144 g/mol. The summed E-state index contributed by atoms with van der Waals surface area (Å²) in [7, 11) is 0. The van der Waals surface area contributed by atoms with Crippen molar-refractivity contribution in [2.24, 2.45) is 0 Å². The van der Waals surface area contributed by atoms with Gasteiger partial charge in [-0.1, -0.05) is 44.4 Å². The van der Waals surface area contributed by atoms with Crippen LogP contribution in [-0.4, -0.2) is 0 Å². The van der Waals surface area contributed by atoms with Crippen LogP contribution in [0.25, 0.3) is 0 Å². The van der Waals surface area contributed by atoms with E-state index in [0.717, 1.165) is 18.4 Å². The van der Waals surface area contributed by atoms with Gasteiger partial charge in [0.25, 0.3) is 0 Å². The SMILES string of the molecule is C=C/C(CC)=C(\C=C)CC(=C)C. The molecule has 0 aromatic rings. The second-order valence-corrected chi connectivity index (χ2v) is 2.95. The Hall–Kier alpha value is -1.04. The van der Waals surface area contributed by atoms with Crippen LogP contribution < -0.4 is 0 Å². The van der Waals surface area contributed by atoms with Gasteiger partial charge in [0.15, 0.2) is 0 Å². The lowest BCUT2D eigenvalue weighted by Crippen LogP contribution is -1.86. The van der Waals surface area contributed by atoms with Crippen molar-refractivity contribution in [1.82, 2.24) is 0 Å². The van der Waals surface area contributed by atoms with Gasteiger partial charge in [0.05, 0.1) is 0 Å². The molecule has 0 amide bonds. The molecule has 0 fully saturated rings. The third kappa shape index (κ3) is 3.38. The fourth-order valence-electron chi connectivity index (χ4n) is 1.14. The van der Waals surface area contributed by atoms with E-state index >= 15 is 0 Å². The summed E-state index contributed by atoms with van der Waals surface area (Å²) in [4.78, 5) is 0. The van der Waals surface area contributed by atoms with Crippen molar-refractivity contribution in [3.05, 3.63) is 48.6 Å². The molecule has 0 aromatic carbocycles. The van der Waals surface area contributed by atoms with E-state index in [4.69, 9.17) is 0 Å². The van der Waals surface area contributed by atoms with Crippen LogP contribution in [0.4, 0.5) is 0 Å². The summed E-state index contributed by atoms with van der Waals surface area (Å²) in [6.45, 7) is 15.6. The molecular formula is C12H18. The summed E-state index contributed by atoms with van der Waals surface area (Å²) in [6, 6.07) is 0. The van der Waals surface area contributed by atoms with Crippen LogP contribution in [0, 0.1) is 0 Å². The molecule has 0 aliphatic rings. The summed E-state index contributed by atoms with van der Waals surface area (Å²) in [5.41, 5.74) is 3.69. The molecule has 0 aliphatic carbocycles. The van der Waals surface area contributed by atoms with Crippen molar-refractivity contribution < 1.29 is 0 Å². The van der Waals surface area contributed by atoms with Gasteiger partial charge in [-0.2, -0.15) is 0 Å². The summed E-state index contributed by atoms with van der Waals surface area (Å²) < 4.78 is 0. The third-order valence-electron chi connectivity index (χ3n) is 1.78. The fourth-order valence-corrected chi connectivity index (χ4v) is 1.14. The highest BCUT2D eigenvalue weighted by atomic mass is 14.0. The fraction of sp³-hybridized carbons (Fsp3) is 0.333. The van der Waals surface area contributed by atoms with Gasteiger partial charge < -0.3 is 0 Å². The first-order valence-electron chi connectivity index (χ1n) is 4.27. The van der Waals surface area contributed by atoms with Gasteiger partial charge in [-0.05, 0) is 30.9 Å². The smallest absolute Gasteiger partial charge is 0.00701 e. The molecule has 0 unspecified atom stereocenters. The zero-order chi connectivity index (χ0) is 9.56. The van der Waals surface area contributed by atoms with Crippen molar-refractivity contribution in [2.75, 3.05) is 0 Å². The zero-order valence-electron chi connectivity index (χ0n) is 8.19. The molecule has 0 saturated heterocycles. The first-order chi connectivity index (χ1) is 5.65. The molecule has 0 rings (SSSR count). The lowest BCUT2D eigenvalue weighted by atomic mass is 10.00. The van der Waals surface area contributed by atoms with Crippen LogP contribution in [0.15, 0.2) is 48.6 Å². The van der Waals surface area contributed by atoms with Gasteiger partial charge >= 0.3 is 0 Å². The second-order valence-electron chi connectivity index (χ2n) is 2.95. The maximum Gasteiger partial charge on any atom is -0.00701 e. The molecule has 0 saturated carbocycles. The molecule has 0 heteroatoms. The van der Waals surface area contributed by atoms with Crippen LogP contribution >= 0.6 is 0 Å². The molecule has 0 radical (unpaired) electrons. The Kier molecular flexibility index (Phi) is 5.11. The minimum Gasteiger partial charge on any atom is -0.0998 e. The van der Waals surface area contributed by atoms with E-state index in [0.29, 0.717) is 0 Å². The summed E-state index contributed by atoms with van der Waals surface area (Å²) in [5.74, 6) is 0. The standard InChI is InChI=1S/C12H18/c1-6-11(7-2)12(8-3)9-10(4)5/h6,8H,1,3-4,7,9H2,2,5H3/b12-11-. The Labute approximate surface area is 76.0 Å². The van der Waals surface area contributed by atoms with Crippen molar-refractivity contribution in [2.45, 2.75) is 26.7 Å². The first kappa shape index (κ1) is 11.0. The van der Waals surface area contributed by atoms with Crippen molar-refractivity contribution in [3.8, 4) is 0 Å². The molecule has 66 valence electrons. The predicted molar refractivity (Wildman–Crippen MR) is 57.1 cm³/mol. The zero-order valence-corrected chi connectivity index (χ0v) is 8.19. The highest BCUT2D eigenvalue weighted by Gasteiger charge is 1.98. The first-order valence-corrected chi connectivity index (χ1v) is 4.27. The highest BCUT2D eigenvalue weighted by molar-refractivity contribution is 5.33.